The van der Waals surface area contributed by atoms with Gasteiger partial charge in [0.15, 0.2) is 15.5 Å². The van der Waals surface area contributed by atoms with Crippen molar-refractivity contribution >= 4 is 32.3 Å². The molecule has 1 saturated heterocycles. The van der Waals surface area contributed by atoms with Crippen LogP contribution in [0.5, 0.6) is 5.88 Å². The van der Waals surface area contributed by atoms with Crippen LogP contribution in [0.3, 0.4) is 0 Å². The lowest BCUT2D eigenvalue weighted by Crippen LogP contribution is -2.08. The first-order valence-electron chi connectivity index (χ1n) is 7.86. The zero-order chi connectivity index (χ0) is 17.3. The Morgan fingerprint density at radius 3 is 2.88 bits per heavy atom. The Kier molecular flexibility index (Phi) is 4.40. The first kappa shape index (κ1) is 16.6. The molecule has 2 heterocycles. The molecule has 0 aliphatic carbocycles. The maximum absolute atomic E-state index is 11.9. The maximum atomic E-state index is 11.9. The van der Waals surface area contributed by atoms with Gasteiger partial charge in [-0.05, 0) is 36.5 Å². The van der Waals surface area contributed by atoms with Crippen molar-refractivity contribution in [3.05, 3.63) is 23.8 Å². The summed E-state index contributed by atoms with van der Waals surface area (Å²) in [5.41, 5.74) is 2.03. The van der Waals surface area contributed by atoms with Crippen LogP contribution in [0.2, 0.25) is 0 Å². The largest absolute Gasteiger partial charge is 0.493 e. The predicted molar refractivity (Wildman–Crippen MR) is 90.2 cm³/mol. The van der Waals surface area contributed by atoms with Gasteiger partial charge in [0.05, 0.1) is 17.0 Å². The Hall–Kier alpha value is -2.22. The van der Waals surface area contributed by atoms with Gasteiger partial charge in [0, 0.05) is 11.8 Å². The molecule has 2 N–H and O–H groups in total. The Bertz CT molecular complexity index is 915. The summed E-state index contributed by atoms with van der Waals surface area (Å²) in [7, 11) is -3.01. The third kappa shape index (κ3) is 3.48. The van der Waals surface area contributed by atoms with Crippen molar-refractivity contribution in [3.63, 3.8) is 0 Å². The molecule has 1 aliphatic heterocycles. The van der Waals surface area contributed by atoms with E-state index in [2.05, 4.69) is 15.2 Å². The number of rotatable bonds is 4. The highest BCUT2D eigenvalue weighted by Gasteiger charge is 2.29. The summed E-state index contributed by atoms with van der Waals surface area (Å²) in [5, 5.41) is 18.2. The Labute approximate surface area is 139 Å². The van der Waals surface area contributed by atoms with Crippen molar-refractivity contribution in [3.8, 4) is 5.88 Å². The number of hydrogen-bond donors (Lipinski definition) is 2. The standard InChI is InChI=1S/C16H19N3O4S/c1-2-10-3-4-13-12(7-10)15(16(21)17-13)19-18-14(20)8-11-5-6-24(22,23)9-11/h3-4,7,11,17,21H,2,5-6,8-9H2,1H3/t11-/m0/s1. The quantitative estimate of drug-likeness (QED) is 0.826. The normalized spacial score (nSPS) is 20.1. The fraction of sp³-hybridized carbons (Fsp3) is 0.438. The number of aryl methyl sites for hydroxylation is 1. The highest BCUT2D eigenvalue weighted by atomic mass is 32.2. The number of H-pyrrole nitrogens is 1. The molecule has 24 heavy (non-hydrogen) atoms. The number of aromatic amines is 1. The molecule has 1 aromatic carbocycles. The van der Waals surface area contributed by atoms with E-state index in [1.165, 1.54) is 0 Å². The lowest BCUT2D eigenvalue weighted by atomic mass is 10.1. The van der Waals surface area contributed by atoms with E-state index < -0.39 is 15.7 Å². The van der Waals surface area contributed by atoms with Crippen LogP contribution in [0.25, 0.3) is 10.9 Å². The minimum atomic E-state index is -3.01. The van der Waals surface area contributed by atoms with Crippen LogP contribution in [0, 0.1) is 5.92 Å². The van der Waals surface area contributed by atoms with Crippen LogP contribution in [0.15, 0.2) is 28.4 Å². The molecule has 0 saturated carbocycles. The number of nitrogens with one attached hydrogen (secondary N) is 1. The minimum absolute atomic E-state index is 0.0342. The number of aromatic hydroxyl groups is 1. The van der Waals surface area contributed by atoms with Gasteiger partial charge in [-0.15, -0.1) is 10.2 Å². The molecule has 7 nitrogen and oxygen atoms in total. The first-order chi connectivity index (χ1) is 11.4. The van der Waals surface area contributed by atoms with Gasteiger partial charge in [0.1, 0.15) is 0 Å². The van der Waals surface area contributed by atoms with Crippen LogP contribution in [-0.2, 0) is 21.1 Å². The number of carbonyl (C=O) groups excluding carboxylic acids is 1. The van der Waals surface area contributed by atoms with Crippen LogP contribution in [0.1, 0.15) is 25.3 Å². The fourth-order valence-corrected chi connectivity index (χ4v) is 4.82. The van der Waals surface area contributed by atoms with E-state index in [1.807, 2.05) is 25.1 Å². The molecule has 0 bridgehead atoms. The fourth-order valence-electron chi connectivity index (χ4n) is 2.96. The summed E-state index contributed by atoms with van der Waals surface area (Å²) < 4.78 is 22.8. The predicted octanol–water partition coefficient (Wildman–Crippen LogP) is 2.87. The van der Waals surface area contributed by atoms with E-state index in [0.29, 0.717) is 17.3 Å². The number of benzene rings is 1. The van der Waals surface area contributed by atoms with Crippen molar-refractivity contribution in [1.29, 1.82) is 0 Å². The van der Waals surface area contributed by atoms with E-state index >= 15 is 0 Å². The first-order valence-corrected chi connectivity index (χ1v) is 9.68. The zero-order valence-electron chi connectivity index (χ0n) is 13.3. The molecular weight excluding hydrogens is 330 g/mol. The molecule has 1 aliphatic rings. The van der Waals surface area contributed by atoms with Gasteiger partial charge in [-0.1, -0.05) is 13.0 Å². The monoisotopic (exact) mass is 349 g/mol. The molecule has 3 rings (SSSR count). The average Bonchev–Trinajstić information content (AvgIpc) is 3.03. The van der Waals surface area contributed by atoms with Gasteiger partial charge in [-0.2, -0.15) is 0 Å². The van der Waals surface area contributed by atoms with Gasteiger partial charge in [0.25, 0.3) is 5.91 Å². The molecule has 1 fully saturated rings. The summed E-state index contributed by atoms with van der Waals surface area (Å²) in [4.78, 5) is 14.7. The van der Waals surface area contributed by atoms with Crippen molar-refractivity contribution in [2.75, 3.05) is 11.5 Å². The number of fused-ring (bicyclic) bond motifs is 1. The third-order valence-electron chi connectivity index (χ3n) is 4.28. The van der Waals surface area contributed by atoms with E-state index in [9.17, 15) is 18.3 Å². The molecular formula is C16H19N3O4S. The second-order valence-corrected chi connectivity index (χ2v) is 8.35. The van der Waals surface area contributed by atoms with Crippen LogP contribution < -0.4 is 0 Å². The third-order valence-corrected chi connectivity index (χ3v) is 6.11. The SMILES string of the molecule is CCc1ccc2[nH]c(O)c(N=NC(=O)C[C@@H]3CCS(=O)(=O)C3)c2c1. The number of azo groups is 1. The Morgan fingerprint density at radius 2 is 2.21 bits per heavy atom. The smallest absolute Gasteiger partial charge is 0.265 e. The number of hydrogen-bond acceptors (Lipinski definition) is 5. The summed E-state index contributed by atoms with van der Waals surface area (Å²) in [6.45, 7) is 2.02. The maximum Gasteiger partial charge on any atom is 0.265 e. The number of nitrogens with zero attached hydrogens (tertiary/aromatic N) is 2. The molecule has 1 amide bonds. The lowest BCUT2D eigenvalue weighted by molar-refractivity contribution is -0.119. The summed E-state index contributed by atoms with van der Waals surface area (Å²) >= 11 is 0. The summed E-state index contributed by atoms with van der Waals surface area (Å²) in [5.74, 6) is -0.641. The Balaban J connectivity index is 1.77. The number of sulfone groups is 1. The minimum Gasteiger partial charge on any atom is -0.493 e. The lowest BCUT2D eigenvalue weighted by Gasteiger charge is -2.01. The van der Waals surface area contributed by atoms with Crippen LogP contribution >= 0.6 is 0 Å². The van der Waals surface area contributed by atoms with E-state index in [0.717, 1.165) is 12.0 Å². The van der Waals surface area contributed by atoms with Crippen molar-refractivity contribution in [2.45, 2.75) is 26.2 Å². The number of carbonyl (C=O) groups is 1. The molecule has 0 radical (unpaired) electrons. The highest BCUT2D eigenvalue weighted by molar-refractivity contribution is 7.91. The second-order valence-electron chi connectivity index (χ2n) is 6.12. The zero-order valence-corrected chi connectivity index (χ0v) is 14.1. The van der Waals surface area contributed by atoms with Gasteiger partial charge in [-0.3, -0.25) is 4.79 Å². The van der Waals surface area contributed by atoms with Crippen molar-refractivity contribution in [1.82, 2.24) is 4.98 Å². The van der Waals surface area contributed by atoms with Gasteiger partial charge >= 0.3 is 0 Å². The van der Waals surface area contributed by atoms with Gasteiger partial charge in [0.2, 0.25) is 5.88 Å². The Morgan fingerprint density at radius 1 is 1.42 bits per heavy atom. The second kappa shape index (κ2) is 6.35. The average molecular weight is 349 g/mol. The van der Waals surface area contributed by atoms with Gasteiger partial charge in [-0.25, -0.2) is 8.42 Å². The summed E-state index contributed by atoms with van der Waals surface area (Å²) in [6.07, 6.45) is 1.39. The summed E-state index contributed by atoms with van der Waals surface area (Å²) in [6, 6.07) is 5.69. The van der Waals surface area contributed by atoms with Gasteiger partial charge < -0.3 is 10.1 Å². The van der Waals surface area contributed by atoms with Crippen molar-refractivity contribution < 1.29 is 18.3 Å². The van der Waals surface area contributed by atoms with E-state index in [-0.39, 0.29) is 35.4 Å². The number of aromatic nitrogens is 1. The molecule has 0 spiro atoms. The topological polar surface area (TPSA) is 112 Å². The molecule has 1 aromatic heterocycles. The van der Waals surface area contributed by atoms with E-state index in [1.54, 1.807) is 0 Å². The highest BCUT2D eigenvalue weighted by Crippen LogP contribution is 2.36. The molecule has 2 aromatic rings. The molecule has 8 heteroatoms. The molecule has 128 valence electrons. The van der Waals surface area contributed by atoms with Crippen molar-refractivity contribution in [2.24, 2.45) is 16.1 Å². The molecule has 0 unspecified atom stereocenters. The van der Waals surface area contributed by atoms with Crippen LogP contribution in [-0.4, -0.2) is 35.9 Å². The number of amides is 1. The molecule has 1 atom stereocenters. The van der Waals surface area contributed by atoms with Crippen LogP contribution in [0.4, 0.5) is 5.69 Å². The van der Waals surface area contributed by atoms with E-state index in [4.69, 9.17) is 0 Å².